The predicted molar refractivity (Wildman–Crippen MR) is 73.4 cm³/mol. The van der Waals surface area contributed by atoms with E-state index in [0.29, 0.717) is 6.42 Å². The van der Waals surface area contributed by atoms with Crippen LogP contribution >= 0.6 is 0 Å². The Morgan fingerprint density at radius 2 is 2.37 bits per heavy atom. The molecule has 0 saturated carbocycles. The van der Waals surface area contributed by atoms with E-state index in [1.807, 2.05) is 0 Å². The summed E-state index contributed by atoms with van der Waals surface area (Å²) in [6.07, 6.45) is 1.06. The van der Waals surface area contributed by atoms with Crippen LogP contribution in [0.25, 0.3) is 0 Å². The fourth-order valence-corrected chi connectivity index (χ4v) is 2.89. The van der Waals surface area contributed by atoms with Gasteiger partial charge in [0.25, 0.3) is 0 Å². The van der Waals surface area contributed by atoms with Crippen molar-refractivity contribution in [3.8, 4) is 0 Å². The summed E-state index contributed by atoms with van der Waals surface area (Å²) in [6.45, 7) is 3.43. The fourth-order valence-electron chi connectivity index (χ4n) is 2.89. The largest absolute Gasteiger partial charge is 0.369 e. The second-order valence-electron chi connectivity index (χ2n) is 5.16. The van der Waals surface area contributed by atoms with Crippen molar-refractivity contribution in [1.29, 1.82) is 0 Å². The third-order valence-electron chi connectivity index (χ3n) is 3.87. The van der Waals surface area contributed by atoms with E-state index < -0.39 is 0 Å². The second kappa shape index (κ2) is 5.29. The van der Waals surface area contributed by atoms with E-state index in [1.54, 1.807) is 0 Å². The number of hydrogen-bond acceptors (Lipinski definition) is 3. The number of alkyl halides is 1. The average Bonchev–Trinajstić information content (AvgIpc) is 2.93. The minimum atomic E-state index is -0.335. The zero-order valence-corrected chi connectivity index (χ0v) is 11.2. The molecule has 3 rings (SSSR count). The van der Waals surface area contributed by atoms with Crippen LogP contribution in [0.1, 0.15) is 29.2 Å². The minimum Gasteiger partial charge on any atom is -0.369 e. The van der Waals surface area contributed by atoms with Crippen LogP contribution in [0.5, 0.6) is 0 Å². The van der Waals surface area contributed by atoms with Crippen molar-refractivity contribution in [2.45, 2.75) is 32.0 Å². The fraction of sp³-hybridized carbons (Fsp3) is 0.533. The van der Waals surface area contributed by atoms with Crippen LogP contribution in [0, 0.1) is 6.92 Å². The lowest BCUT2D eigenvalue weighted by atomic mass is 9.89. The molecule has 0 saturated heterocycles. The van der Waals surface area contributed by atoms with Gasteiger partial charge in [-0.2, -0.15) is 0 Å². The lowest BCUT2D eigenvalue weighted by Gasteiger charge is -2.33. The maximum atomic E-state index is 12.6. The van der Waals surface area contributed by atoms with Gasteiger partial charge in [0.15, 0.2) is 0 Å². The number of hydrogen-bond donors (Lipinski definition) is 1. The number of fused-ring (bicyclic) bond motifs is 1. The van der Waals surface area contributed by atoms with Crippen molar-refractivity contribution < 1.29 is 9.13 Å². The molecule has 1 N–H and O–H groups in total. The lowest BCUT2D eigenvalue weighted by molar-refractivity contribution is 0.000981. The summed E-state index contributed by atoms with van der Waals surface area (Å²) in [7, 11) is 0. The smallest absolute Gasteiger partial charge is 0.140 e. The molecule has 1 aromatic carbocycles. The van der Waals surface area contributed by atoms with Gasteiger partial charge in [-0.25, -0.2) is 0 Å². The first-order chi connectivity index (χ1) is 9.29. The average molecular weight is 262 g/mol. The van der Waals surface area contributed by atoms with Gasteiger partial charge >= 0.3 is 0 Å². The molecule has 2 heterocycles. The van der Waals surface area contributed by atoms with E-state index in [4.69, 9.17) is 4.74 Å². The summed E-state index contributed by atoms with van der Waals surface area (Å²) in [5, 5.41) is 3.28. The monoisotopic (exact) mass is 262 g/mol. The van der Waals surface area contributed by atoms with Crippen molar-refractivity contribution in [3.63, 3.8) is 0 Å². The van der Waals surface area contributed by atoms with Crippen LogP contribution < -0.4 is 5.32 Å². The zero-order chi connectivity index (χ0) is 13.2. The maximum Gasteiger partial charge on any atom is 0.140 e. The van der Waals surface area contributed by atoms with Gasteiger partial charge in [-0.05, 0) is 30.0 Å². The Bertz CT molecular complexity index is 501. The molecule has 0 spiro atoms. The summed E-state index contributed by atoms with van der Waals surface area (Å²) >= 11 is 0. The van der Waals surface area contributed by atoms with Gasteiger partial charge in [0.2, 0.25) is 0 Å². The first-order valence-electron chi connectivity index (χ1n) is 6.87. The Kier molecular flexibility index (Phi) is 3.51. The van der Waals surface area contributed by atoms with Crippen LogP contribution in [-0.4, -0.2) is 31.7 Å². The predicted octanol–water partition coefficient (Wildman–Crippen LogP) is 2.34. The molecule has 3 nitrogen and oxygen atoms in total. The van der Waals surface area contributed by atoms with Crippen molar-refractivity contribution in [2.24, 2.45) is 4.99 Å². The highest BCUT2D eigenvalue weighted by Gasteiger charge is 2.32. The van der Waals surface area contributed by atoms with E-state index in [9.17, 15) is 4.39 Å². The van der Waals surface area contributed by atoms with Crippen molar-refractivity contribution >= 4 is 5.84 Å². The van der Waals surface area contributed by atoms with Gasteiger partial charge in [0.05, 0.1) is 19.3 Å². The number of benzene rings is 1. The normalized spacial score (nSPS) is 25.7. The van der Waals surface area contributed by atoms with Crippen molar-refractivity contribution in [1.82, 2.24) is 5.32 Å². The molecule has 0 aliphatic carbocycles. The number of rotatable bonds is 3. The molecule has 0 radical (unpaired) electrons. The van der Waals surface area contributed by atoms with Gasteiger partial charge in [0, 0.05) is 13.0 Å². The summed E-state index contributed by atoms with van der Waals surface area (Å²) in [5.74, 6) is 0.899. The van der Waals surface area contributed by atoms with Crippen LogP contribution in [-0.2, 0) is 11.2 Å². The third kappa shape index (κ3) is 2.37. The molecular formula is C15H19FN2O. The van der Waals surface area contributed by atoms with Gasteiger partial charge in [-0.3, -0.25) is 9.38 Å². The highest BCUT2D eigenvalue weighted by molar-refractivity contribution is 5.89. The first kappa shape index (κ1) is 12.6. The van der Waals surface area contributed by atoms with Crippen LogP contribution in [0.3, 0.4) is 0 Å². The summed E-state index contributed by atoms with van der Waals surface area (Å²) in [4.78, 5) is 4.47. The minimum absolute atomic E-state index is 0.0475. The molecule has 0 bridgehead atoms. The number of amidine groups is 1. The SMILES string of the molecule is Cc1cccc2c1CC(CCF)OC2C1=NCCN1. The Morgan fingerprint density at radius 3 is 3.11 bits per heavy atom. The van der Waals surface area contributed by atoms with Gasteiger partial charge in [-0.15, -0.1) is 0 Å². The molecule has 4 heteroatoms. The number of aliphatic imine (C=N–C) groups is 1. The number of aryl methyl sites for hydroxylation is 1. The van der Waals surface area contributed by atoms with Crippen molar-refractivity contribution in [2.75, 3.05) is 19.8 Å². The molecule has 19 heavy (non-hydrogen) atoms. The molecular weight excluding hydrogens is 243 g/mol. The maximum absolute atomic E-state index is 12.6. The molecule has 2 aliphatic rings. The Morgan fingerprint density at radius 1 is 1.47 bits per heavy atom. The molecule has 2 aliphatic heterocycles. The van der Waals surface area contributed by atoms with Gasteiger partial charge in [-0.1, -0.05) is 18.2 Å². The van der Waals surface area contributed by atoms with Crippen LogP contribution in [0.15, 0.2) is 23.2 Å². The number of nitrogens with one attached hydrogen (secondary N) is 1. The van der Waals surface area contributed by atoms with E-state index in [2.05, 4.69) is 35.4 Å². The topological polar surface area (TPSA) is 33.6 Å². The summed E-state index contributed by atoms with van der Waals surface area (Å²) < 4.78 is 18.7. The zero-order valence-electron chi connectivity index (χ0n) is 11.2. The molecule has 0 aromatic heterocycles. The van der Waals surface area contributed by atoms with Crippen LogP contribution in [0.2, 0.25) is 0 Å². The molecule has 2 atom stereocenters. The first-order valence-corrected chi connectivity index (χ1v) is 6.87. The Balaban J connectivity index is 1.97. The standard InChI is InChI=1S/C15H19FN2O/c1-10-3-2-4-12-13(10)9-11(5-6-16)19-14(12)15-17-7-8-18-15/h2-4,11,14H,5-9H2,1H3,(H,17,18). The molecule has 102 valence electrons. The van der Waals surface area contributed by atoms with E-state index in [1.165, 1.54) is 16.7 Å². The third-order valence-corrected chi connectivity index (χ3v) is 3.87. The van der Waals surface area contributed by atoms with E-state index in [0.717, 1.165) is 25.3 Å². The van der Waals surface area contributed by atoms with Gasteiger partial charge < -0.3 is 10.1 Å². The number of halogens is 1. The highest BCUT2D eigenvalue weighted by atomic mass is 19.1. The van der Waals surface area contributed by atoms with Crippen LogP contribution in [0.4, 0.5) is 4.39 Å². The number of nitrogens with zero attached hydrogens (tertiary/aromatic N) is 1. The second-order valence-corrected chi connectivity index (χ2v) is 5.16. The molecule has 0 fully saturated rings. The Labute approximate surface area is 112 Å². The Hall–Kier alpha value is -1.42. The molecule has 0 amide bonds. The van der Waals surface area contributed by atoms with Gasteiger partial charge in [0.1, 0.15) is 11.9 Å². The molecule has 2 unspecified atom stereocenters. The van der Waals surface area contributed by atoms with E-state index >= 15 is 0 Å². The number of ether oxygens (including phenoxy) is 1. The summed E-state index contributed by atoms with van der Waals surface area (Å²) in [5.41, 5.74) is 3.74. The highest BCUT2D eigenvalue weighted by Crippen LogP contribution is 2.34. The summed E-state index contributed by atoms with van der Waals surface area (Å²) in [6, 6.07) is 6.26. The lowest BCUT2D eigenvalue weighted by Crippen LogP contribution is -2.35. The molecule has 1 aromatic rings. The van der Waals surface area contributed by atoms with Crippen molar-refractivity contribution in [3.05, 3.63) is 34.9 Å². The van der Waals surface area contributed by atoms with E-state index in [-0.39, 0.29) is 18.9 Å². The quantitative estimate of drug-likeness (QED) is 0.907.